The maximum absolute atomic E-state index is 17.8. The van der Waals surface area contributed by atoms with Crippen molar-refractivity contribution in [2.45, 2.75) is 116 Å². The first-order chi connectivity index (χ1) is 28.2. The minimum absolute atomic E-state index is 0.00395. The third-order valence-electron chi connectivity index (χ3n) is 11.1. The topological polar surface area (TPSA) is 155 Å². The number of aromatic nitrogens is 3. The zero-order valence-electron chi connectivity index (χ0n) is 34.4. The summed E-state index contributed by atoms with van der Waals surface area (Å²) in [5.41, 5.74) is -1.01. The summed E-state index contributed by atoms with van der Waals surface area (Å²) in [5.74, 6) is -4.10. The van der Waals surface area contributed by atoms with Gasteiger partial charge in [-0.15, -0.1) is 11.3 Å². The Bertz CT molecular complexity index is 2430. The Kier molecular flexibility index (Phi) is 10.5. The van der Waals surface area contributed by atoms with Crippen LogP contribution in [0.4, 0.5) is 38.0 Å². The number of pyridine rings is 1. The molecule has 1 N–H and O–H groups in total. The molecule has 2 unspecified atom stereocenters. The molecule has 4 aliphatic rings. The Morgan fingerprint density at radius 2 is 1.70 bits per heavy atom. The van der Waals surface area contributed by atoms with Gasteiger partial charge in [-0.3, -0.25) is 15.2 Å². The quantitative estimate of drug-likeness (QED) is 0.186. The van der Waals surface area contributed by atoms with Crippen molar-refractivity contribution in [1.29, 1.82) is 5.26 Å². The van der Waals surface area contributed by atoms with Crippen LogP contribution in [0.3, 0.4) is 0 Å². The summed E-state index contributed by atoms with van der Waals surface area (Å²) in [6.07, 6.45) is 0.892. The molecule has 0 spiro atoms. The van der Waals surface area contributed by atoms with Crippen LogP contribution in [0.15, 0.2) is 6.20 Å². The lowest BCUT2D eigenvalue weighted by atomic mass is 9.93. The highest BCUT2D eigenvalue weighted by molar-refractivity contribution is 7.23. The van der Waals surface area contributed by atoms with Crippen molar-refractivity contribution in [3.05, 3.63) is 34.5 Å². The van der Waals surface area contributed by atoms with Crippen molar-refractivity contribution < 1.29 is 46.1 Å². The van der Waals surface area contributed by atoms with Gasteiger partial charge in [0.05, 0.1) is 47.3 Å². The number of likely N-dealkylation sites (N-methyl/N-ethyl adjacent to an activating group) is 1. The van der Waals surface area contributed by atoms with Crippen molar-refractivity contribution in [3.8, 4) is 23.3 Å². The lowest BCUT2D eigenvalue weighted by Crippen LogP contribution is -2.56. The summed E-state index contributed by atoms with van der Waals surface area (Å²) in [5, 5.41) is 13.3. The molecule has 2 amide bonds. The first kappa shape index (κ1) is 41.7. The number of carbonyl (C=O) groups excluding carboxylic acids is 2. The molecule has 3 saturated heterocycles. The van der Waals surface area contributed by atoms with Crippen LogP contribution in [0.5, 0.6) is 6.01 Å². The van der Waals surface area contributed by atoms with E-state index in [1.54, 1.807) is 53.5 Å². The van der Waals surface area contributed by atoms with Crippen molar-refractivity contribution in [2.24, 2.45) is 0 Å². The second-order valence-electron chi connectivity index (χ2n) is 17.8. The standard InChI is InChI=1S/C41H46F4N8O6S/c1-39(2,3)58-37(54)50-35-23(12-46)28-31(47-13-26(42)33(28)60-35)27-24-17-56-18-25(24)29-32(30(27)43)48-36(57-16-22-10-11-41(44,45)19-51(22)7)49-34(29)53-20-8-9-21(53)15-52(14-20)38(55)59-40(4,5)6/h13,20-22H,8-11,14-19H2,1-7H3,(H,50,54)/t20?,21?,22-/m0/s1. The lowest BCUT2D eigenvalue weighted by molar-refractivity contribution is -0.0804. The molecule has 1 aromatic carbocycles. The van der Waals surface area contributed by atoms with Crippen LogP contribution in [-0.4, -0.2) is 105 Å². The fraction of sp³-hybridized carbons (Fsp3) is 0.561. The number of thiophene rings is 1. The SMILES string of the molecule is CN1CC(F)(F)CC[C@H]1COc1nc(N2C3CCC2CN(C(=O)OC(C)(C)C)C3)c2c3c(c(-c4ncc(F)c5sc(NC(=O)OC(C)(C)C)c(C#N)c45)c(F)c2n1)COC3. The summed E-state index contributed by atoms with van der Waals surface area (Å²) in [6, 6.07) is 1.01. The molecule has 7 heterocycles. The smallest absolute Gasteiger partial charge is 0.412 e. The molecule has 3 fully saturated rings. The molecule has 2 bridgehead atoms. The predicted molar refractivity (Wildman–Crippen MR) is 214 cm³/mol. The van der Waals surface area contributed by atoms with Crippen LogP contribution in [0.25, 0.3) is 32.2 Å². The minimum atomic E-state index is -2.83. The van der Waals surface area contributed by atoms with Crippen molar-refractivity contribution >= 4 is 55.3 Å². The number of likely N-dealkylation sites (tertiary alicyclic amines) is 2. The average molecular weight is 855 g/mol. The Hall–Kier alpha value is -5.06. The van der Waals surface area contributed by atoms with Gasteiger partial charge in [-0.1, -0.05) is 0 Å². The van der Waals surface area contributed by atoms with Crippen molar-refractivity contribution in [2.75, 3.05) is 43.5 Å². The number of nitrogens with zero attached hydrogens (tertiary/aromatic N) is 7. The summed E-state index contributed by atoms with van der Waals surface area (Å²) in [6.45, 7) is 10.6. The molecule has 19 heteroatoms. The zero-order valence-corrected chi connectivity index (χ0v) is 35.2. The van der Waals surface area contributed by atoms with Crippen LogP contribution in [-0.2, 0) is 27.4 Å². The van der Waals surface area contributed by atoms with Crippen LogP contribution in [0, 0.1) is 23.0 Å². The summed E-state index contributed by atoms with van der Waals surface area (Å²) in [7, 11) is 1.59. The molecular weight excluding hydrogens is 809 g/mol. The first-order valence-corrected chi connectivity index (χ1v) is 20.6. The molecule has 14 nitrogen and oxygen atoms in total. The number of carbonyl (C=O) groups is 2. The van der Waals surface area contributed by atoms with Crippen LogP contribution in [0.2, 0.25) is 0 Å². The van der Waals surface area contributed by atoms with Crippen molar-refractivity contribution in [3.63, 3.8) is 0 Å². The fourth-order valence-corrected chi connectivity index (χ4v) is 9.66. The Morgan fingerprint density at radius 3 is 2.35 bits per heavy atom. The van der Waals surface area contributed by atoms with E-state index in [0.29, 0.717) is 48.3 Å². The lowest BCUT2D eigenvalue weighted by Gasteiger charge is -2.42. The van der Waals surface area contributed by atoms with E-state index in [9.17, 15) is 23.6 Å². The monoisotopic (exact) mass is 854 g/mol. The van der Waals surface area contributed by atoms with Gasteiger partial charge in [-0.25, -0.2) is 27.2 Å². The number of piperidine rings is 1. The van der Waals surface area contributed by atoms with Crippen LogP contribution in [0.1, 0.15) is 83.9 Å². The van der Waals surface area contributed by atoms with Gasteiger partial charge < -0.3 is 28.7 Å². The number of alkyl halides is 2. The number of anilines is 2. The number of rotatable bonds is 6. The predicted octanol–water partition coefficient (Wildman–Crippen LogP) is 8.13. The average Bonchev–Trinajstić information content (AvgIpc) is 3.84. The molecule has 60 heavy (non-hydrogen) atoms. The van der Waals surface area contributed by atoms with E-state index in [4.69, 9.17) is 23.9 Å². The first-order valence-electron chi connectivity index (χ1n) is 19.8. The molecule has 320 valence electrons. The molecule has 4 aromatic rings. The number of ether oxygens (including phenoxy) is 4. The summed E-state index contributed by atoms with van der Waals surface area (Å²) >= 11 is 0.794. The second kappa shape index (κ2) is 15.1. The number of fused-ring (bicyclic) bond motifs is 6. The molecular formula is C41H46F4N8O6S. The van der Waals surface area contributed by atoms with Gasteiger partial charge in [-0.05, 0) is 79.0 Å². The van der Waals surface area contributed by atoms with Gasteiger partial charge in [0.2, 0.25) is 0 Å². The largest absolute Gasteiger partial charge is 0.462 e. The number of nitriles is 1. The number of hydrogen-bond donors (Lipinski definition) is 1. The van der Waals surface area contributed by atoms with E-state index in [2.05, 4.69) is 20.2 Å². The fourth-order valence-electron chi connectivity index (χ4n) is 8.62. The van der Waals surface area contributed by atoms with Gasteiger partial charge in [0, 0.05) is 48.6 Å². The molecule has 0 saturated carbocycles. The minimum Gasteiger partial charge on any atom is -0.462 e. The molecule has 4 aliphatic heterocycles. The number of piperazine rings is 1. The van der Waals surface area contributed by atoms with Gasteiger partial charge in [0.15, 0.2) is 11.6 Å². The second-order valence-corrected chi connectivity index (χ2v) is 18.9. The molecule has 0 aliphatic carbocycles. The van der Waals surface area contributed by atoms with Gasteiger partial charge >= 0.3 is 18.2 Å². The van der Waals surface area contributed by atoms with E-state index in [1.807, 2.05) is 6.07 Å². The molecule has 3 aromatic heterocycles. The molecule has 3 atom stereocenters. The van der Waals surface area contributed by atoms with Crippen molar-refractivity contribution in [1.82, 2.24) is 24.8 Å². The maximum Gasteiger partial charge on any atom is 0.412 e. The van der Waals surface area contributed by atoms with E-state index < -0.39 is 53.5 Å². The highest BCUT2D eigenvalue weighted by atomic mass is 32.1. The number of hydrogen-bond acceptors (Lipinski definition) is 13. The Balaban J connectivity index is 1.27. The molecule has 0 radical (unpaired) electrons. The van der Waals surface area contributed by atoms with E-state index in [1.165, 1.54) is 4.90 Å². The third-order valence-corrected chi connectivity index (χ3v) is 12.2. The number of halogens is 4. The van der Waals surface area contributed by atoms with Gasteiger partial charge in [-0.2, -0.15) is 15.2 Å². The highest BCUT2D eigenvalue weighted by Crippen LogP contribution is 2.49. The van der Waals surface area contributed by atoms with Gasteiger partial charge in [0.25, 0.3) is 5.92 Å². The Morgan fingerprint density at radius 1 is 1.02 bits per heavy atom. The van der Waals surface area contributed by atoms with Gasteiger partial charge in [0.1, 0.15) is 40.2 Å². The number of benzene rings is 1. The number of amides is 2. The zero-order chi connectivity index (χ0) is 43.1. The summed E-state index contributed by atoms with van der Waals surface area (Å²) < 4.78 is 85.0. The van der Waals surface area contributed by atoms with E-state index >= 15 is 8.78 Å². The maximum atomic E-state index is 17.8. The van der Waals surface area contributed by atoms with Crippen LogP contribution < -0.4 is 15.0 Å². The van der Waals surface area contributed by atoms with E-state index in [0.717, 1.165) is 17.5 Å². The summed E-state index contributed by atoms with van der Waals surface area (Å²) in [4.78, 5) is 45.2. The van der Waals surface area contributed by atoms with Crippen LogP contribution >= 0.6 is 11.3 Å². The third kappa shape index (κ3) is 7.84. The molecule has 8 rings (SSSR count). The highest BCUT2D eigenvalue weighted by Gasteiger charge is 2.45. The van der Waals surface area contributed by atoms with E-state index in [-0.39, 0.29) is 88.2 Å². The Labute approximate surface area is 347 Å². The normalized spacial score (nSPS) is 21.6. The number of nitrogens with one attached hydrogen (secondary N) is 1.